The Morgan fingerprint density at radius 1 is 1.30 bits per heavy atom. The van der Waals surface area contributed by atoms with Crippen molar-refractivity contribution in [2.45, 2.75) is 69.9 Å². The van der Waals surface area contributed by atoms with E-state index in [1.165, 1.54) is 32.1 Å². The van der Waals surface area contributed by atoms with Gasteiger partial charge >= 0.3 is 0 Å². The standard InChI is InChI=1S/C21H32N4O2/c1-17(26)25-14-13-24(16-21(25)10-3-2-4-11-21)20(23-18-7-8-18)22-12-9-19-6-5-15-27-19/h5-6,15,18H,2-4,7-14,16H2,1H3,(H,22,23). The molecule has 1 N–H and O–H groups in total. The summed E-state index contributed by atoms with van der Waals surface area (Å²) in [5.41, 5.74) is -0.00462. The van der Waals surface area contributed by atoms with Gasteiger partial charge in [0, 0.05) is 45.6 Å². The van der Waals surface area contributed by atoms with Crippen molar-refractivity contribution in [3.8, 4) is 0 Å². The normalized spacial score (nSPS) is 22.9. The molecule has 148 valence electrons. The third-order valence-electron chi connectivity index (χ3n) is 6.23. The number of piperazine rings is 1. The van der Waals surface area contributed by atoms with Crippen molar-refractivity contribution in [2.24, 2.45) is 4.99 Å². The van der Waals surface area contributed by atoms with E-state index in [9.17, 15) is 4.79 Å². The maximum absolute atomic E-state index is 12.3. The van der Waals surface area contributed by atoms with E-state index in [2.05, 4.69) is 15.1 Å². The molecule has 3 fully saturated rings. The molecule has 6 nitrogen and oxygen atoms in total. The number of aliphatic imine (C=N–C) groups is 1. The van der Waals surface area contributed by atoms with Crippen molar-refractivity contribution in [1.29, 1.82) is 0 Å². The molecule has 0 radical (unpaired) electrons. The Balaban J connectivity index is 1.48. The maximum Gasteiger partial charge on any atom is 0.220 e. The maximum atomic E-state index is 12.3. The van der Waals surface area contributed by atoms with E-state index in [1.807, 2.05) is 12.1 Å². The lowest BCUT2D eigenvalue weighted by Gasteiger charge is -2.53. The molecule has 2 saturated carbocycles. The summed E-state index contributed by atoms with van der Waals surface area (Å²) in [5.74, 6) is 2.23. The number of nitrogens with zero attached hydrogens (tertiary/aromatic N) is 3. The van der Waals surface area contributed by atoms with Gasteiger partial charge in [-0.15, -0.1) is 0 Å². The Bertz CT molecular complexity index is 660. The van der Waals surface area contributed by atoms with Crippen LogP contribution in [0.5, 0.6) is 0 Å². The van der Waals surface area contributed by atoms with E-state index < -0.39 is 0 Å². The van der Waals surface area contributed by atoms with Gasteiger partial charge in [0.05, 0.1) is 11.8 Å². The third kappa shape index (κ3) is 4.30. The van der Waals surface area contributed by atoms with Gasteiger partial charge in [-0.2, -0.15) is 0 Å². The minimum Gasteiger partial charge on any atom is -0.469 e. The first-order valence-corrected chi connectivity index (χ1v) is 10.5. The van der Waals surface area contributed by atoms with Crippen LogP contribution in [0.2, 0.25) is 0 Å². The minimum absolute atomic E-state index is 0.00462. The highest BCUT2D eigenvalue weighted by atomic mass is 16.3. The number of carbonyl (C=O) groups excluding carboxylic acids is 1. The van der Waals surface area contributed by atoms with Gasteiger partial charge in [-0.05, 0) is 37.8 Å². The van der Waals surface area contributed by atoms with Gasteiger partial charge < -0.3 is 19.5 Å². The molecule has 1 aromatic heterocycles. The lowest BCUT2D eigenvalue weighted by atomic mass is 9.78. The second kappa shape index (κ2) is 7.95. The van der Waals surface area contributed by atoms with Crippen molar-refractivity contribution in [1.82, 2.24) is 15.1 Å². The lowest BCUT2D eigenvalue weighted by molar-refractivity contribution is -0.140. The van der Waals surface area contributed by atoms with Crippen LogP contribution in [0.25, 0.3) is 0 Å². The molecule has 0 unspecified atom stereocenters. The van der Waals surface area contributed by atoms with Crippen LogP contribution in [0.3, 0.4) is 0 Å². The van der Waals surface area contributed by atoms with E-state index in [0.29, 0.717) is 6.04 Å². The molecule has 0 aromatic carbocycles. The van der Waals surface area contributed by atoms with E-state index >= 15 is 0 Å². The molecule has 0 atom stereocenters. The van der Waals surface area contributed by atoms with Crippen LogP contribution in [-0.2, 0) is 11.2 Å². The van der Waals surface area contributed by atoms with Crippen LogP contribution >= 0.6 is 0 Å². The van der Waals surface area contributed by atoms with E-state index in [4.69, 9.17) is 9.41 Å². The topological polar surface area (TPSA) is 61.1 Å². The summed E-state index contributed by atoms with van der Waals surface area (Å²) in [6, 6.07) is 4.50. The Hall–Kier alpha value is -1.98. The first-order valence-electron chi connectivity index (χ1n) is 10.5. The number of guanidine groups is 1. The highest BCUT2D eigenvalue weighted by Crippen LogP contribution is 2.37. The summed E-state index contributed by atoms with van der Waals surface area (Å²) in [6.07, 6.45) is 11.0. The first-order chi connectivity index (χ1) is 13.2. The zero-order chi connectivity index (χ0) is 18.7. The molecule has 0 bridgehead atoms. The fourth-order valence-electron chi connectivity index (χ4n) is 4.66. The second-order valence-corrected chi connectivity index (χ2v) is 8.33. The number of furan rings is 1. The van der Waals surface area contributed by atoms with E-state index in [-0.39, 0.29) is 11.4 Å². The highest BCUT2D eigenvalue weighted by molar-refractivity contribution is 5.81. The predicted octanol–water partition coefficient (Wildman–Crippen LogP) is 2.80. The van der Waals surface area contributed by atoms with Gasteiger partial charge in [-0.3, -0.25) is 9.79 Å². The van der Waals surface area contributed by atoms with Crippen molar-refractivity contribution in [2.75, 3.05) is 26.2 Å². The molecule has 4 rings (SSSR count). The molecule has 1 spiro atoms. The Labute approximate surface area is 162 Å². The smallest absolute Gasteiger partial charge is 0.220 e. The molecule has 2 heterocycles. The molecule has 27 heavy (non-hydrogen) atoms. The summed E-state index contributed by atoms with van der Waals surface area (Å²) in [7, 11) is 0. The summed E-state index contributed by atoms with van der Waals surface area (Å²) in [6.45, 7) is 5.03. The van der Waals surface area contributed by atoms with Gasteiger partial charge in [0.15, 0.2) is 5.96 Å². The average molecular weight is 373 g/mol. The summed E-state index contributed by atoms with van der Waals surface area (Å²) in [4.78, 5) is 21.8. The molecule has 1 aromatic rings. The van der Waals surface area contributed by atoms with Crippen LogP contribution in [0.15, 0.2) is 27.8 Å². The number of rotatable bonds is 4. The fourth-order valence-corrected chi connectivity index (χ4v) is 4.66. The number of hydrogen-bond acceptors (Lipinski definition) is 3. The van der Waals surface area contributed by atoms with Crippen LogP contribution in [0.4, 0.5) is 0 Å². The zero-order valence-electron chi connectivity index (χ0n) is 16.5. The highest BCUT2D eigenvalue weighted by Gasteiger charge is 2.44. The van der Waals surface area contributed by atoms with Crippen LogP contribution in [0, 0.1) is 0 Å². The molecule has 3 aliphatic rings. The number of carbonyl (C=O) groups is 1. The largest absolute Gasteiger partial charge is 0.469 e. The van der Waals surface area contributed by atoms with Crippen LogP contribution in [0.1, 0.15) is 57.6 Å². The summed E-state index contributed by atoms with van der Waals surface area (Å²) < 4.78 is 5.44. The number of hydrogen-bond donors (Lipinski definition) is 1. The predicted molar refractivity (Wildman–Crippen MR) is 106 cm³/mol. The minimum atomic E-state index is -0.00462. The molecule has 1 saturated heterocycles. The quantitative estimate of drug-likeness (QED) is 0.652. The van der Waals surface area contributed by atoms with Crippen molar-refractivity contribution >= 4 is 11.9 Å². The van der Waals surface area contributed by atoms with Crippen molar-refractivity contribution in [3.05, 3.63) is 24.2 Å². The molecular weight excluding hydrogens is 340 g/mol. The van der Waals surface area contributed by atoms with Crippen molar-refractivity contribution in [3.63, 3.8) is 0 Å². The molecule has 1 aliphatic heterocycles. The average Bonchev–Trinajstić information content (AvgIpc) is 3.33. The Kier molecular flexibility index (Phi) is 5.41. The van der Waals surface area contributed by atoms with Crippen LogP contribution in [-0.4, -0.2) is 59.4 Å². The Morgan fingerprint density at radius 2 is 2.11 bits per heavy atom. The van der Waals surface area contributed by atoms with Crippen molar-refractivity contribution < 1.29 is 9.21 Å². The summed E-state index contributed by atoms with van der Waals surface area (Å²) in [5, 5.41) is 3.65. The van der Waals surface area contributed by atoms with Gasteiger partial charge in [0.25, 0.3) is 0 Å². The van der Waals surface area contributed by atoms with Gasteiger partial charge in [0.1, 0.15) is 5.76 Å². The third-order valence-corrected chi connectivity index (χ3v) is 6.23. The molecule has 1 amide bonds. The first kappa shape index (κ1) is 18.4. The molecule has 6 heteroatoms. The van der Waals surface area contributed by atoms with E-state index in [1.54, 1.807) is 13.2 Å². The van der Waals surface area contributed by atoms with Crippen LogP contribution < -0.4 is 5.32 Å². The van der Waals surface area contributed by atoms with Gasteiger partial charge in [-0.25, -0.2) is 0 Å². The Morgan fingerprint density at radius 3 is 2.78 bits per heavy atom. The van der Waals surface area contributed by atoms with E-state index in [0.717, 1.165) is 57.2 Å². The fraction of sp³-hybridized carbons (Fsp3) is 0.714. The summed E-state index contributed by atoms with van der Waals surface area (Å²) >= 11 is 0. The van der Waals surface area contributed by atoms with Gasteiger partial charge in [-0.1, -0.05) is 19.3 Å². The van der Waals surface area contributed by atoms with Gasteiger partial charge in [0.2, 0.25) is 5.91 Å². The molecule has 2 aliphatic carbocycles. The number of nitrogens with one attached hydrogen (secondary N) is 1. The monoisotopic (exact) mass is 372 g/mol. The SMILES string of the molecule is CC(=O)N1CCN(C(=NCCc2ccco2)NC2CC2)CC12CCCCC2. The number of amides is 1. The lowest BCUT2D eigenvalue weighted by Crippen LogP contribution is -2.66. The zero-order valence-corrected chi connectivity index (χ0v) is 16.5. The molecular formula is C21H32N4O2. The second-order valence-electron chi connectivity index (χ2n) is 8.33.